The molecule has 0 amide bonds. The average molecular weight is 316 g/mol. The molecule has 2 aliphatic rings. The summed E-state index contributed by atoms with van der Waals surface area (Å²) in [5.41, 5.74) is 13.5. The van der Waals surface area contributed by atoms with Crippen LogP contribution >= 0.6 is 0 Å². The molecular weight excluding hydrogens is 282 g/mol. The van der Waals surface area contributed by atoms with E-state index in [1.165, 1.54) is 70.1 Å². The van der Waals surface area contributed by atoms with Gasteiger partial charge in [0.1, 0.15) is 0 Å². The minimum Gasteiger partial charge on any atom is -0.371 e. The fraction of sp³-hybridized carbons (Fsp3) is 0.700. The number of hydrogen-bond acceptors (Lipinski definition) is 3. The lowest BCUT2D eigenvalue weighted by Crippen LogP contribution is -2.39. The highest BCUT2D eigenvalue weighted by atomic mass is 15.1. The minimum atomic E-state index is 0.441. The topological polar surface area (TPSA) is 55.3 Å². The van der Waals surface area contributed by atoms with Gasteiger partial charge in [0.2, 0.25) is 0 Å². The predicted molar refractivity (Wildman–Crippen MR) is 98.5 cm³/mol. The van der Waals surface area contributed by atoms with E-state index in [1.54, 1.807) is 0 Å². The van der Waals surface area contributed by atoms with Crippen LogP contribution in [0.5, 0.6) is 0 Å². The SMILES string of the molecule is NC1CCC(CN(CC2CCC(N)CC2)c2ccccc2)CC1. The van der Waals surface area contributed by atoms with Crippen LogP contribution in [0.4, 0.5) is 5.69 Å². The summed E-state index contributed by atoms with van der Waals surface area (Å²) in [6.45, 7) is 2.39. The first-order valence-corrected chi connectivity index (χ1v) is 9.52. The second kappa shape index (κ2) is 8.16. The second-order valence-electron chi connectivity index (χ2n) is 7.80. The zero-order valence-corrected chi connectivity index (χ0v) is 14.4. The van der Waals surface area contributed by atoms with Crippen molar-refractivity contribution in [3.63, 3.8) is 0 Å². The van der Waals surface area contributed by atoms with E-state index in [4.69, 9.17) is 11.5 Å². The van der Waals surface area contributed by atoms with Crippen molar-refractivity contribution in [2.75, 3.05) is 18.0 Å². The number of rotatable bonds is 5. The largest absolute Gasteiger partial charge is 0.371 e. The molecule has 0 spiro atoms. The zero-order chi connectivity index (χ0) is 16.1. The first kappa shape index (κ1) is 16.8. The van der Waals surface area contributed by atoms with Gasteiger partial charge in [-0.05, 0) is 75.3 Å². The third-order valence-corrected chi connectivity index (χ3v) is 5.86. The van der Waals surface area contributed by atoms with Crippen LogP contribution in [-0.2, 0) is 0 Å². The Hall–Kier alpha value is -1.06. The van der Waals surface area contributed by atoms with Gasteiger partial charge in [-0.2, -0.15) is 0 Å². The Bertz CT molecular complexity index is 421. The molecule has 3 heteroatoms. The predicted octanol–water partition coefficient (Wildman–Crippen LogP) is 3.53. The van der Waals surface area contributed by atoms with Gasteiger partial charge in [-0.25, -0.2) is 0 Å². The standard InChI is InChI=1S/C20H33N3/c21-18-10-6-16(7-11-18)14-23(20-4-2-1-3-5-20)15-17-8-12-19(22)13-9-17/h1-5,16-19H,6-15,21-22H2. The maximum Gasteiger partial charge on any atom is 0.0366 e. The van der Waals surface area contributed by atoms with Gasteiger partial charge in [-0.15, -0.1) is 0 Å². The van der Waals surface area contributed by atoms with E-state index in [0.29, 0.717) is 12.1 Å². The van der Waals surface area contributed by atoms with Crippen molar-refractivity contribution in [3.8, 4) is 0 Å². The summed E-state index contributed by atoms with van der Waals surface area (Å²) in [7, 11) is 0. The molecule has 3 nitrogen and oxygen atoms in total. The molecule has 0 aliphatic heterocycles. The van der Waals surface area contributed by atoms with Crippen molar-refractivity contribution >= 4 is 5.69 Å². The number of anilines is 1. The van der Waals surface area contributed by atoms with Crippen LogP contribution in [0.2, 0.25) is 0 Å². The Labute approximate surface area is 141 Å². The molecule has 2 aliphatic carbocycles. The van der Waals surface area contributed by atoms with Gasteiger partial charge in [0, 0.05) is 30.9 Å². The fourth-order valence-corrected chi connectivity index (χ4v) is 4.29. The highest BCUT2D eigenvalue weighted by Gasteiger charge is 2.25. The van der Waals surface area contributed by atoms with Crippen LogP contribution < -0.4 is 16.4 Å². The Kier molecular flexibility index (Phi) is 5.96. The molecule has 0 heterocycles. The van der Waals surface area contributed by atoms with Crippen molar-refractivity contribution in [2.24, 2.45) is 23.3 Å². The summed E-state index contributed by atoms with van der Waals surface area (Å²) in [5.74, 6) is 1.61. The van der Waals surface area contributed by atoms with Crippen LogP contribution in [0.1, 0.15) is 51.4 Å². The summed E-state index contributed by atoms with van der Waals surface area (Å²) in [4.78, 5) is 2.64. The lowest BCUT2D eigenvalue weighted by Gasteiger charge is -2.36. The van der Waals surface area contributed by atoms with Crippen molar-refractivity contribution in [1.29, 1.82) is 0 Å². The van der Waals surface area contributed by atoms with E-state index in [9.17, 15) is 0 Å². The van der Waals surface area contributed by atoms with Crippen molar-refractivity contribution in [2.45, 2.75) is 63.5 Å². The van der Waals surface area contributed by atoms with E-state index in [0.717, 1.165) is 11.8 Å². The monoisotopic (exact) mass is 315 g/mol. The average Bonchev–Trinajstić information content (AvgIpc) is 2.59. The van der Waals surface area contributed by atoms with E-state index < -0.39 is 0 Å². The zero-order valence-electron chi connectivity index (χ0n) is 14.4. The molecule has 23 heavy (non-hydrogen) atoms. The number of nitrogens with zero attached hydrogens (tertiary/aromatic N) is 1. The van der Waals surface area contributed by atoms with E-state index in [1.807, 2.05) is 0 Å². The van der Waals surface area contributed by atoms with Crippen molar-refractivity contribution in [1.82, 2.24) is 0 Å². The maximum absolute atomic E-state index is 6.08. The van der Waals surface area contributed by atoms with Gasteiger partial charge in [-0.1, -0.05) is 18.2 Å². The van der Waals surface area contributed by atoms with Crippen LogP contribution in [0, 0.1) is 11.8 Å². The molecule has 1 aromatic rings. The number of para-hydroxylation sites is 1. The molecule has 2 saturated carbocycles. The molecule has 3 rings (SSSR count). The summed E-state index contributed by atoms with van der Waals surface area (Å²) in [5, 5.41) is 0. The van der Waals surface area contributed by atoms with Crippen LogP contribution in [0.3, 0.4) is 0 Å². The van der Waals surface area contributed by atoms with Crippen molar-refractivity contribution in [3.05, 3.63) is 30.3 Å². The van der Waals surface area contributed by atoms with Crippen LogP contribution in [0.25, 0.3) is 0 Å². The summed E-state index contributed by atoms with van der Waals surface area (Å²) < 4.78 is 0. The molecule has 1 aromatic carbocycles. The minimum absolute atomic E-state index is 0.441. The molecule has 4 N–H and O–H groups in total. The van der Waals surface area contributed by atoms with Crippen LogP contribution in [0.15, 0.2) is 30.3 Å². The van der Waals surface area contributed by atoms with Crippen LogP contribution in [-0.4, -0.2) is 25.2 Å². The molecule has 0 saturated heterocycles. The lowest BCUT2D eigenvalue weighted by molar-refractivity contribution is 0.301. The Morgan fingerprint density at radius 2 is 1.13 bits per heavy atom. The van der Waals surface area contributed by atoms with E-state index in [-0.39, 0.29) is 0 Å². The summed E-state index contributed by atoms with van der Waals surface area (Å²) in [6, 6.07) is 11.9. The number of hydrogen-bond donors (Lipinski definition) is 2. The van der Waals surface area contributed by atoms with Gasteiger partial charge in [-0.3, -0.25) is 0 Å². The van der Waals surface area contributed by atoms with Gasteiger partial charge in [0.05, 0.1) is 0 Å². The molecule has 0 aromatic heterocycles. The molecule has 0 atom stereocenters. The highest BCUT2D eigenvalue weighted by molar-refractivity contribution is 5.46. The molecule has 0 bridgehead atoms. The third kappa shape index (κ3) is 4.95. The second-order valence-corrected chi connectivity index (χ2v) is 7.80. The Morgan fingerprint density at radius 3 is 1.57 bits per heavy atom. The molecular formula is C20H33N3. The first-order chi connectivity index (χ1) is 11.2. The smallest absolute Gasteiger partial charge is 0.0366 e. The maximum atomic E-state index is 6.08. The van der Waals surface area contributed by atoms with E-state index in [2.05, 4.69) is 35.2 Å². The molecule has 0 radical (unpaired) electrons. The summed E-state index contributed by atoms with van der Waals surface area (Å²) in [6.07, 6.45) is 9.97. The van der Waals surface area contributed by atoms with Gasteiger partial charge in [0.25, 0.3) is 0 Å². The highest BCUT2D eigenvalue weighted by Crippen LogP contribution is 2.29. The normalized spacial score (nSPS) is 31.7. The van der Waals surface area contributed by atoms with Gasteiger partial charge < -0.3 is 16.4 Å². The fourth-order valence-electron chi connectivity index (χ4n) is 4.29. The molecule has 2 fully saturated rings. The Morgan fingerprint density at radius 1 is 0.696 bits per heavy atom. The van der Waals surface area contributed by atoms with Gasteiger partial charge in [0.15, 0.2) is 0 Å². The summed E-state index contributed by atoms with van der Waals surface area (Å²) >= 11 is 0. The first-order valence-electron chi connectivity index (χ1n) is 9.52. The number of benzene rings is 1. The molecule has 0 unspecified atom stereocenters. The molecule has 128 valence electrons. The quantitative estimate of drug-likeness (QED) is 0.874. The van der Waals surface area contributed by atoms with Gasteiger partial charge >= 0.3 is 0 Å². The van der Waals surface area contributed by atoms with Crippen molar-refractivity contribution < 1.29 is 0 Å². The number of nitrogens with two attached hydrogens (primary N) is 2. The van der Waals surface area contributed by atoms with E-state index >= 15 is 0 Å². The third-order valence-electron chi connectivity index (χ3n) is 5.86. The lowest BCUT2D eigenvalue weighted by atomic mass is 9.84. The Balaban J connectivity index is 1.62.